The van der Waals surface area contributed by atoms with Gasteiger partial charge in [-0.25, -0.2) is 4.68 Å². The van der Waals surface area contributed by atoms with E-state index in [0.29, 0.717) is 0 Å². The summed E-state index contributed by atoms with van der Waals surface area (Å²) in [6.07, 6.45) is 0.905. The van der Waals surface area contributed by atoms with Crippen molar-refractivity contribution in [1.29, 1.82) is 0 Å². The zero-order valence-electron chi connectivity index (χ0n) is 15.7. The molecule has 0 N–H and O–H groups in total. The van der Waals surface area contributed by atoms with E-state index in [0.717, 1.165) is 45.1 Å². The van der Waals surface area contributed by atoms with Crippen LogP contribution in [0.5, 0.6) is 0 Å². The maximum atomic E-state index is 5.56. The summed E-state index contributed by atoms with van der Waals surface area (Å²) in [5.41, 5.74) is 3.76. The second-order valence-corrected chi connectivity index (χ2v) is 6.96. The molecule has 1 aliphatic heterocycles. The molecule has 1 aliphatic rings. The largest absolute Gasteiger partial charge is 0.379 e. The van der Waals surface area contributed by atoms with Gasteiger partial charge >= 0.3 is 0 Å². The van der Waals surface area contributed by atoms with Crippen LogP contribution < -0.4 is 0 Å². The molecule has 0 aliphatic carbocycles. The number of ether oxygens (including phenoxy) is 1. The fraction of sp³-hybridized carbons (Fsp3) is 0.381. The van der Waals surface area contributed by atoms with Gasteiger partial charge in [0, 0.05) is 19.6 Å². The Labute approximate surface area is 159 Å². The van der Waals surface area contributed by atoms with Crippen molar-refractivity contribution in [3.05, 3.63) is 77.1 Å². The van der Waals surface area contributed by atoms with Crippen molar-refractivity contribution in [2.24, 2.45) is 0 Å². The quantitative estimate of drug-likeness (QED) is 0.674. The van der Waals surface area contributed by atoms with Crippen molar-refractivity contribution in [3.8, 4) is 0 Å². The molecule has 1 aromatic heterocycles. The van der Waals surface area contributed by atoms with Crippen LogP contribution in [-0.2, 0) is 17.7 Å². The lowest BCUT2D eigenvalue weighted by Gasteiger charge is -2.34. The predicted molar refractivity (Wildman–Crippen MR) is 103 cm³/mol. The van der Waals surface area contributed by atoms with Crippen LogP contribution in [0, 0.1) is 6.92 Å². The Morgan fingerprint density at radius 1 is 1.00 bits per heavy atom. The summed E-state index contributed by atoms with van der Waals surface area (Å²) in [5.74, 6) is 0.900. The standard InChI is InChI=1S/C21H25N5O/c1-17-7-9-19(10-8-17)20(25-13-15-27-16-14-25)21-22-23-24-26(21)12-11-18-5-3-2-4-6-18/h2-10,20H,11-16H2,1H3/t20-/m1/s1. The molecule has 0 amide bonds. The molecule has 0 spiro atoms. The van der Waals surface area contributed by atoms with E-state index in [1.165, 1.54) is 16.7 Å². The van der Waals surface area contributed by atoms with Gasteiger partial charge in [-0.2, -0.15) is 0 Å². The van der Waals surface area contributed by atoms with Crippen LogP contribution in [0.25, 0.3) is 0 Å². The lowest BCUT2D eigenvalue weighted by Crippen LogP contribution is -2.40. The Morgan fingerprint density at radius 2 is 1.74 bits per heavy atom. The first-order valence-corrected chi connectivity index (χ1v) is 9.49. The number of hydrogen-bond donors (Lipinski definition) is 0. The molecule has 6 nitrogen and oxygen atoms in total. The zero-order valence-corrected chi connectivity index (χ0v) is 15.7. The molecule has 0 unspecified atom stereocenters. The molecule has 3 aromatic rings. The Morgan fingerprint density at radius 3 is 2.48 bits per heavy atom. The Bertz CT molecular complexity index is 841. The molecule has 27 heavy (non-hydrogen) atoms. The second kappa shape index (κ2) is 8.41. The first kappa shape index (κ1) is 17.8. The van der Waals surface area contributed by atoms with Gasteiger partial charge in [-0.3, -0.25) is 4.90 Å². The molecule has 0 saturated carbocycles. The number of tetrazole rings is 1. The molecule has 2 aromatic carbocycles. The summed E-state index contributed by atoms with van der Waals surface area (Å²) in [4.78, 5) is 2.42. The summed E-state index contributed by atoms with van der Waals surface area (Å²) < 4.78 is 7.51. The van der Waals surface area contributed by atoms with Crippen LogP contribution in [0.3, 0.4) is 0 Å². The Hall–Kier alpha value is -2.57. The normalized spacial score (nSPS) is 16.3. The highest BCUT2D eigenvalue weighted by atomic mass is 16.5. The maximum absolute atomic E-state index is 5.56. The monoisotopic (exact) mass is 363 g/mol. The molecule has 0 bridgehead atoms. The van der Waals surface area contributed by atoms with Crippen molar-refractivity contribution >= 4 is 0 Å². The average Bonchev–Trinajstić information content (AvgIpc) is 3.18. The Balaban J connectivity index is 1.62. The van der Waals surface area contributed by atoms with Crippen LogP contribution in [0.1, 0.15) is 28.6 Å². The van der Waals surface area contributed by atoms with Gasteiger partial charge in [0.25, 0.3) is 0 Å². The fourth-order valence-electron chi connectivity index (χ4n) is 3.55. The van der Waals surface area contributed by atoms with Crippen LogP contribution in [0.4, 0.5) is 0 Å². The van der Waals surface area contributed by atoms with E-state index < -0.39 is 0 Å². The first-order valence-electron chi connectivity index (χ1n) is 9.49. The number of morpholine rings is 1. The van der Waals surface area contributed by atoms with Gasteiger partial charge in [-0.05, 0) is 34.9 Å². The maximum Gasteiger partial charge on any atom is 0.173 e. The van der Waals surface area contributed by atoms with Gasteiger partial charge in [-0.15, -0.1) is 5.10 Å². The van der Waals surface area contributed by atoms with E-state index in [9.17, 15) is 0 Å². The summed E-state index contributed by atoms with van der Waals surface area (Å²) in [6, 6.07) is 19.2. The number of nitrogens with zero attached hydrogens (tertiary/aromatic N) is 5. The van der Waals surface area contributed by atoms with Crippen molar-refractivity contribution in [2.45, 2.75) is 25.9 Å². The third-order valence-corrected chi connectivity index (χ3v) is 5.06. The number of benzene rings is 2. The summed E-state index contributed by atoms with van der Waals surface area (Å²) in [6.45, 7) is 6.12. The number of aromatic nitrogens is 4. The lowest BCUT2D eigenvalue weighted by molar-refractivity contribution is 0.0216. The minimum absolute atomic E-state index is 0.0419. The zero-order chi connectivity index (χ0) is 18.5. The van der Waals surface area contributed by atoms with Gasteiger partial charge in [0.1, 0.15) is 0 Å². The molecular formula is C21H25N5O. The summed E-state index contributed by atoms with van der Waals surface area (Å²) in [5, 5.41) is 12.7. The van der Waals surface area contributed by atoms with Crippen LogP contribution in [0.2, 0.25) is 0 Å². The van der Waals surface area contributed by atoms with Gasteiger partial charge < -0.3 is 4.74 Å². The van der Waals surface area contributed by atoms with E-state index in [1.54, 1.807) is 0 Å². The molecule has 1 saturated heterocycles. The van der Waals surface area contributed by atoms with E-state index in [4.69, 9.17) is 4.74 Å². The van der Waals surface area contributed by atoms with Gasteiger partial charge in [0.05, 0.1) is 19.3 Å². The topological polar surface area (TPSA) is 56.1 Å². The average molecular weight is 363 g/mol. The van der Waals surface area contributed by atoms with Crippen LogP contribution in [-0.4, -0.2) is 51.4 Å². The SMILES string of the molecule is Cc1ccc([C@H](c2nnnn2CCc2ccccc2)N2CCOCC2)cc1. The third kappa shape index (κ3) is 4.23. The van der Waals surface area contributed by atoms with E-state index in [2.05, 4.69) is 75.9 Å². The molecule has 6 heteroatoms. The van der Waals surface area contributed by atoms with E-state index in [1.807, 2.05) is 10.7 Å². The third-order valence-electron chi connectivity index (χ3n) is 5.06. The predicted octanol–water partition coefficient (Wildman–Crippen LogP) is 2.65. The summed E-state index contributed by atoms with van der Waals surface area (Å²) >= 11 is 0. The second-order valence-electron chi connectivity index (χ2n) is 6.96. The van der Waals surface area contributed by atoms with Gasteiger partial charge in [0.2, 0.25) is 0 Å². The highest BCUT2D eigenvalue weighted by Gasteiger charge is 2.29. The fourth-order valence-corrected chi connectivity index (χ4v) is 3.55. The highest BCUT2D eigenvalue weighted by molar-refractivity contribution is 5.28. The molecule has 1 fully saturated rings. The lowest BCUT2D eigenvalue weighted by atomic mass is 10.0. The van der Waals surface area contributed by atoms with E-state index >= 15 is 0 Å². The molecule has 1 atom stereocenters. The number of rotatable bonds is 6. The first-order chi connectivity index (χ1) is 13.3. The minimum Gasteiger partial charge on any atom is -0.379 e. The number of aryl methyl sites for hydroxylation is 3. The molecular weight excluding hydrogens is 338 g/mol. The molecule has 2 heterocycles. The molecule has 140 valence electrons. The van der Waals surface area contributed by atoms with Crippen molar-refractivity contribution in [1.82, 2.24) is 25.1 Å². The van der Waals surface area contributed by atoms with Crippen molar-refractivity contribution < 1.29 is 4.74 Å². The smallest absolute Gasteiger partial charge is 0.173 e. The van der Waals surface area contributed by atoms with Crippen molar-refractivity contribution in [2.75, 3.05) is 26.3 Å². The highest BCUT2D eigenvalue weighted by Crippen LogP contribution is 2.28. The summed E-state index contributed by atoms with van der Waals surface area (Å²) in [7, 11) is 0. The van der Waals surface area contributed by atoms with Gasteiger partial charge in [-0.1, -0.05) is 60.2 Å². The Kier molecular flexibility index (Phi) is 5.55. The molecule has 0 radical (unpaired) electrons. The van der Waals surface area contributed by atoms with E-state index in [-0.39, 0.29) is 6.04 Å². The number of hydrogen-bond acceptors (Lipinski definition) is 5. The van der Waals surface area contributed by atoms with Crippen molar-refractivity contribution in [3.63, 3.8) is 0 Å². The minimum atomic E-state index is 0.0419. The van der Waals surface area contributed by atoms with Crippen LogP contribution >= 0.6 is 0 Å². The molecule has 4 rings (SSSR count). The van der Waals surface area contributed by atoms with Crippen LogP contribution in [0.15, 0.2) is 54.6 Å². The van der Waals surface area contributed by atoms with Gasteiger partial charge in [0.15, 0.2) is 5.82 Å².